The minimum absolute atomic E-state index is 0.121. The van der Waals surface area contributed by atoms with Gasteiger partial charge in [0, 0.05) is 6.04 Å². The second-order valence-corrected chi connectivity index (χ2v) is 5.66. The summed E-state index contributed by atoms with van der Waals surface area (Å²) in [6, 6.07) is 6.83. The molecule has 2 rings (SSSR count). The third kappa shape index (κ3) is 5.84. The van der Waals surface area contributed by atoms with Crippen LogP contribution in [0.4, 0.5) is 4.79 Å². The summed E-state index contributed by atoms with van der Waals surface area (Å²) in [4.78, 5) is 23.0. The van der Waals surface area contributed by atoms with E-state index < -0.39 is 5.91 Å². The predicted octanol–water partition coefficient (Wildman–Crippen LogP) is 1.80. The largest absolute Gasteiger partial charge is 0.480 e. The van der Waals surface area contributed by atoms with Gasteiger partial charge in [-0.25, -0.2) is 4.79 Å². The fraction of sp³-hybridized carbons (Fsp3) is 0.444. The van der Waals surface area contributed by atoms with Gasteiger partial charge in [-0.3, -0.25) is 4.79 Å². The number of urea groups is 1. The van der Waals surface area contributed by atoms with E-state index in [1.807, 2.05) is 0 Å². The molecule has 0 aliphatic heterocycles. The maximum atomic E-state index is 11.7. The van der Waals surface area contributed by atoms with Crippen molar-refractivity contribution in [1.29, 1.82) is 0 Å². The summed E-state index contributed by atoms with van der Waals surface area (Å²) in [5, 5.41) is 5.66. The molecule has 0 spiro atoms. The van der Waals surface area contributed by atoms with Gasteiger partial charge in [-0.2, -0.15) is 0 Å². The van der Waals surface area contributed by atoms with Crippen molar-refractivity contribution < 1.29 is 14.3 Å². The average Bonchev–Trinajstić information content (AvgIpc) is 2.59. The number of ether oxygens (including phenoxy) is 1. The molecule has 6 nitrogen and oxygen atoms in total. The van der Waals surface area contributed by atoms with E-state index in [1.54, 1.807) is 24.3 Å². The van der Waals surface area contributed by atoms with Crippen molar-refractivity contribution in [2.75, 3.05) is 13.2 Å². The van der Waals surface area contributed by atoms with Crippen LogP contribution in [-0.2, 0) is 0 Å². The van der Waals surface area contributed by atoms with E-state index in [9.17, 15) is 9.59 Å². The number of amides is 3. The second kappa shape index (κ2) is 9.46. The SMILES string of the molecule is NC(=O)c1ccccc1OCC#CCNC(=O)NC1CCCCC1. The minimum Gasteiger partial charge on any atom is -0.480 e. The first-order chi connectivity index (χ1) is 11.7. The molecule has 24 heavy (non-hydrogen) atoms. The molecule has 1 aromatic carbocycles. The summed E-state index contributed by atoms with van der Waals surface area (Å²) in [7, 11) is 0. The van der Waals surface area contributed by atoms with Gasteiger partial charge >= 0.3 is 6.03 Å². The van der Waals surface area contributed by atoms with E-state index in [-0.39, 0.29) is 25.2 Å². The van der Waals surface area contributed by atoms with Crippen molar-refractivity contribution in [3.8, 4) is 17.6 Å². The van der Waals surface area contributed by atoms with Crippen LogP contribution < -0.4 is 21.1 Å². The van der Waals surface area contributed by atoms with Crippen LogP contribution in [0, 0.1) is 11.8 Å². The number of primary amides is 1. The molecule has 3 amide bonds. The fourth-order valence-electron chi connectivity index (χ4n) is 2.63. The number of nitrogens with one attached hydrogen (secondary N) is 2. The number of rotatable bonds is 5. The maximum Gasteiger partial charge on any atom is 0.315 e. The molecular formula is C18H23N3O3. The Morgan fingerprint density at radius 3 is 2.67 bits per heavy atom. The zero-order chi connectivity index (χ0) is 17.2. The average molecular weight is 329 g/mol. The lowest BCUT2D eigenvalue weighted by molar-refractivity contribution is 0.0997. The highest BCUT2D eigenvalue weighted by atomic mass is 16.5. The summed E-state index contributed by atoms with van der Waals surface area (Å²) in [6.07, 6.45) is 5.70. The Bertz CT molecular complexity index is 628. The highest BCUT2D eigenvalue weighted by molar-refractivity contribution is 5.95. The molecule has 1 aromatic rings. The maximum absolute atomic E-state index is 11.7. The minimum atomic E-state index is -0.542. The second-order valence-electron chi connectivity index (χ2n) is 5.66. The monoisotopic (exact) mass is 329 g/mol. The molecule has 0 unspecified atom stereocenters. The van der Waals surface area contributed by atoms with Gasteiger partial charge in [-0.1, -0.05) is 43.2 Å². The molecule has 0 heterocycles. The molecule has 4 N–H and O–H groups in total. The predicted molar refractivity (Wildman–Crippen MR) is 91.6 cm³/mol. The number of carbonyl (C=O) groups excluding carboxylic acids is 2. The van der Waals surface area contributed by atoms with Crippen LogP contribution in [0.1, 0.15) is 42.5 Å². The first-order valence-corrected chi connectivity index (χ1v) is 8.18. The smallest absolute Gasteiger partial charge is 0.315 e. The van der Waals surface area contributed by atoms with Gasteiger partial charge in [-0.15, -0.1) is 0 Å². The van der Waals surface area contributed by atoms with Gasteiger partial charge in [-0.05, 0) is 25.0 Å². The van der Waals surface area contributed by atoms with E-state index in [2.05, 4.69) is 22.5 Å². The first kappa shape index (κ1) is 17.7. The Kier molecular flexibility index (Phi) is 6.96. The van der Waals surface area contributed by atoms with E-state index in [4.69, 9.17) is 10.5 Å². The fourth-order valence-corrected chi connectivity index (χ4v) is 2.63. The molecule has 1 saturated carbocycles. The molecule has 1 aliphatic rings. The standard InChI is InChI=1S/C18H23N3O3/c19-17(22)15-10-4-5-11-16(15)24-13-7-6-12-20-18(23)21-14-8-2-1-3-9-14/h4-5,10-11,14H,1-3,8-9,12-13H2,(H2,19,22)(H2,20,21,23). The Morgan fingerprint density at radius 1 is 1.17 bits per heavy atom. The van der Waals surface area contributed by atoms with Crippen LogP contribution in [0.3, 0.4) is 0 Å². The molecule has 0 radical (unpaired) electrons. The summed E-state index contributed by atoms with van der Waals surface area (Å²) in [5.74, 6) is 5.46. The summed E-state index contributed by atoms with van der Waals surface area (Å²) >= 11 is 0. The number of hydrogen-bond acceptors (Lipinski definition) is 3. The van der Waals surface area contributed by atoms with E-state index in [1.165, 1.54) is 19.3 Å². The zero-order valence-electron chi connectivity index (χ0n) is 13.6. The molecule has 128 valence electrons. The van der Waals surface area contributed by atoms with E-state index in [0.29, 0.717) is 11.3 Å². The third-order valence-electron chi connectivity index (χ3n) is 3.86. The number of nitrogens with two attached hydrogens (primary N) is 1. The Balaban J connectivity index is 1.67. The van der Waals surface area contributed by atoms with Crippen LogP contribution in [0.25, 0.3) is 0 Å². The molecule has 0 saturated heterocycles. The van der Waals surface area contributed by atoms with Crippen LogP contribution in [0.15, 0.2) is 24.3 Å². The molecular weight excluding hydrogens is 306 g/mol. The molecule has 1 aliphatic carbocycles. The van der Waals surface area contributed by atoms with E-state index in [0.717, 1.165) is 12.8 Å². The summed E-state index contributed by atoms with van der Waals surface area (Å²) in [6.45, 7) is 0.371. The van der Waals surface area contributed by atoms with Crippen molar-refractivity contribution >= 4 is 11.9 Å². The van der Waals surface area contributed by atoms with Gasteiger partial charge in [0.05, 0.1) is 12.1 Å². The molecule has 6 heteroatoms. The molecule has 1 fully saturated rings. The van der Waals surface area contributed by atoms with Crippen molar-refractivity contribution in [2.24, 2.45) is 5.73 Å². The Labute approximate surface area is 142 Å². The lowest BCUT2D eigenvalue weighted by atomic mass is 9.96. The summed E-state index contributed by atoms with van der Waals surface area (Å²) in [5.41, 5.74) is 5.59. The number of para-hydroxylation sites is 1. The van der Waals surface area contributed by atoms with Gasteiger partial charge < -0.3 is 21.1 Å². The van der Waals surface area contributed by atoms with Crippen molar-refractivity contribution in [2.45, 2.75) is 38.1 Å². The lowest BCUT2D eigenvalue weighted by Gasteiger charge is -2.22. The van der Waals surface area contributed by atoms with Gasteiger partial charge in [0.1, 0.15) is 12.4 Å². The van der Waals surface area contributed by atoms with Crippen molar-refractivity contribution in [3.05, 3.63) is 29.8 Å². The van der Waals surface area contributed by atoms with Gasteiger partial charge in [0.15, 0.2) is 0 Å². The lowest BCUT2D eigenvalue weighted by Crippen LogP contribution is -2.42. The highest BCUT2D eigenvalue weighted by Crippen LogP contribution is 2.17. The zero-order valence-corrected chi connectivity index (χ0v) is 13.6. The third-order valence-corrected chi connectivity index (χ3v) is 3.86. The first-order valence-electron chi connectivity index (χ1n) is 8.18. The molecule has 0 bridgehead atoms. The number of carbonyl (C=O) groups is 2. The van der Waals surface area contributed by atoms with Crippen LogP contribution in [-0.4, -0.2) is 31.1 Å². The summed E-state index contributed by atoms with van der Waals surface area (Å²) < 4.78 is 5.42. The van der Waals surface area contributed by atoms with E-state index >= 15 is 0 Å². The van der Waals surface area contributed by atoms with Crippen molar-refractivity contribution in [3.63, 3.8) is 0 Å². The molecule has 0 atom stereocenters. The van der Waals surface area contributed by atoms with Crippen molar-refractivity contribution in [1.82, 2.24) is 10.6 Å². The topological polar surface area (TPSA) is 93.5 Å². The number of hydrogen-bond donors (Lipinski definition) is 3. The number of benzene rings is 1. The van der Waals surface area contributed by atoms with Crippen LogP contribution in [0.5, 0.6) is 5.75 Å². The quantitative estimate of drug-likeness (QED) is 0.719. The van der Waals surface area contributed by atoms with Crippen LogP contribution >= 0.6 is 0 Å². The normalized spacial score (nSPS) is 14.2. The van der Waals surface area contributed by atoms with Crippen LogP contribution in [0.2, 0.25) is 0 Å². The Hall–Kier alpha value is -2.68. The van der Waals surface area contributed by atoms with Gasteiger partial charge in [0.25, 0.3) is 5.91 Å². The highest BCUT2D eigenvalue weighted by Gasteiger charge is 2.14. The van der Waals surface area contributed by atoms with Gasteiger partial charge in [0.2, 0.25) is 0 Å². The Morgan fingerprint density at radius 2 is 1.92 bits per heavy atom. The molecule has 0 aromatic heterocycles.